The number of anilines is 1. The van der Waals surface area contributed by atoms with Crippen LogP contribution >= 0.6 is 11.6 Å². The molecule has 0 radical (unpaired) electrons. The number of aromatic nitrogens is 1. The van der Waals surface area contributed by atoms with Gasteiger partial charge in [-0.2, -0.15) is 0 Å². The van der Waals surface area contributed by atoms with Gasteiger partial charge in [-0.3, -0.25) is 4.79 Å². The molecule has 0 saturated carbocycles. The van der Waals surface area contributed by atoms with Gasteiger partial charge in [-0.05, 0) is 30.2 Å². The largest absolute Gasteiger partial charge is 0.477 e. The van der Waals surface area contributed by atoms with Gasteiger partial charge in [-0.1, -0.05) is 17.7 Å². The lowest BCUT2D eigenvalue weighted by molar-refractivity contribution is -0.116. The third-order valence-corrected chi connectivity index (χ3v) is 4.32. The number of carboxylic acid groups (broad SMARTS) is 1. The lowest BCUT2D eigenvalue weighted by atomic mass is 10.0. The van der Waals surface area contributed by atoms with Crippen LogP contribution in [-0.4, -0.2) is 22.0 Å². The minimum absolute atomic E-state index is 0.0217. The lowest BCUT2D eigenvalue weighted by Gasteiger charge is -2.18. The van der Waals surface area contributed by atoms with E-state index in [-0.39, 0.29) is 11.6 Å². The van der Waals surface area contributed by atoms with Gasteiger partial charge in [0.25, 0.3) is 0 Å². The molecule has 0 spiro atoms. The van der Waals surface area contributed by atoms with Crippen LogP contribution in [0.15, 0.2) is 36.4 Å². The molecule has 7 heteroatoms. The number of hydrogen-bond donors (Lipinski definition) is 3. The number of benzene rings is 2. The van der Waals surface area contributed by atoms with Crippen molar-refractivity contribution in [1.82, 2.24) is 4.98 Å². The van der Waals surface area contributed by atoms with E-state index in [0.717, 1.165) is 11.3 Å². The van der Waals surface area contributed by atoms with Crippen LogP contribution in [0.1, 0.15) is 22.5 Å². The number of carbonyl (C=O) groups excluding carboxylic acids is 1. The van der Waals surface area contributed by atoms with Crippen molar-refractivity contribution in [2.24, 2.45) is 0 Å². The van der Waals surface area contributed by atoms with Gasteiger partial charge in [0.05, 0.1) is 5.52 Å². The van der Waals surface area contributed by atoms with Gasteiger partial charge >= 0.3 is 5.97 Å². The van der Waals surface area contributed by atoms with E-state index < -0.39 is 5.97 Å². The summed E-state index contributed by atoms with van der Waals surface area (Å²) in [7, 11) is 0. The average molecular weight is 357 g/mol. The molecule has 0 fully saturated rings. The van der Waals surface area contributed by atoms with Crippen LogP contribution in [0, 0.1) is 0 Å². The Morgan fingerprint density at radius 1 is 1.16 bits per heavy atom. The Hall–Kier alpha value is -2.99. The highest BCUT2D eigenvalue weighted by molar-refractivity contribution is 6.31. The summed E-state index contributed by atoms with van der Waals surface area (Å²) < 4.78 is 5.92. The Balaban J connectivity index is 1.74. The summed E-state index contributed by atoms with van der Waals surface area (Å²) in [6.07, 6.45) is 1.17. The number of rotatable bonds is 3. The summed E-state index contributed by atoms with van der Waals surface area (Å²) in [5, 5.41) is 13.0. The number of carbonyl (C=O) groups is 2. The number of aromatic carboxylic acids is 1. The summed E-state index contributed by atoms with van der Waals surface area (Å²) in [4.78, 5) is 25.5. The average Bonchev–Trinajstić information content (AvgIpc) is 2.99. The second-order valence-electron chi connectivity index (χ2n) is 5.82. The Bertz CT molecular complexity index is 1030. The predicted octanol–water partition coefficient (Wildman–Crippen LogP) is 4.20. The van der Waals surface area contributed by atoms with Gasteiger partial charge in [0.1, 0.15) is 17.2 Å². The van der Waals surface area contributed by atoms with Crippen LogP contribution in [0.5, 0.6) is 11.5 Å². The van der Waals surface area contributed by atoms with Crippen LogP contribution in [0.25, 0.3) is 10.9 Å². The first-order valence-corrected chi connectivity index (χ1v) is 8.03. The third-order valence-electron chi connectivity index (χ3n) is 4.10. The van der Waals surface area contributed by atoms with Crippen LogP contribution < -0.4 is 10.1 Å². The molecule has 0 aliphatic carbocycles. The molecule has 0 saturated heterocycles. The number of H-pyrrole nitrogens is 1. The fourth-order valence-corrected chi connectivity index (χ4v) is 3.12. The summed E-state index contributed by atoms with van der Waals surface area (Å²) in [6.45, 7) is 0. The first kappa shape index (κ1) is 15.5. The summed E-state index contributed by atoms with van der Waals surface area (Å²) in [6, 6.07) is 10.2. The number of halogens is 1. The molecule has 0 bridgehead atoms. The maximum absolute atomic E-state index is 11.6. The molecule has 25 heavy (non-hydrogen) atoms. The van der Waals surface area contributed by atoms with Crippen molar-refractivity contribution < 1.29 is 19.4 Å². The number of aromatic amines is 1. The number of carboxylic acids is 1. The van der Waals surface area contributed by atoms with Crippen LogP contribution in [0.2, 0.25) is 5.02 Å². The number of amides is 1. The molecule has 1 aromatic heterocycles. The molecule has 0 atom stereocenters. The second kappa shape index (κ2) is 5.82. The highest BCUT2D eigenvalue weighted by atomic mass is 35.5. The zero-order chi connectivity index (χ0) is 17.6. The molecule has 2 aromatic carbocycles. The van der Waals surface area contributed by atoms with E-state index >= 15 is 0 Å². The van der Waals surface area contributed by atoms with Crippen molar-refractivity contribution in [2.75, 3.05) is 5.32 Å². The molecule has 4 rings (SSSR count). The zero-order valence-electron chi connectivity index (χ0n) is 12.9. The maximum atomic E-state index is 11.6. The SMILES string of the molecule is O=C1CCc2ccc(Oc3cc(Cl)cc4[nH]c(C(=O)O)cc34)cc2N1. The quantitative estimate of drug-likeness (QED) is 0.656. The van der Waals surface area contributed by atoms with Crippen LogP contribution in [-0.2, 0) is 11.2 Å². The fourth-order valence-electron chi connectivity index (χ4n) is 2.91. The van der Waals surface area contributed by atoms with Gasteiger partial charge in [0, 0.05) is 34.6 Å². The van der Waals surface area contributed by atoms with Gasteiger partial charge < -0.3 is 20.1 Å². The van der Waals surface area contributed by atoms with Crippen LogP contribution in [0.3, 0.4) is 0 Å². The number of fused-ring (bicyclic) bond motifs is 2. The standard InChI is InChI=1S/C18H13ClN2O4/c19-10-5-14-12(8-15(20-14)18(23)24)16(6-10)25-11-3-1-9-2-4-17(22)21-13(9)7-11/h1,3,5-8,20H,2,4H2,(H,21,22)(H,23,24). The topological polar surface area (TPSA) is 91.4 Å². The normalized spacial score (nSPS) is 13.4. The third kappa shape index (κ3) is 2.92. The highest BCUT2D eigenvalue weighted by Crippen LogP contribution is 2.35. The Morgan fingerprint density at radius 2 is 2.00 bits per heavy atom. The molecule has 0 unspecified atom stereocenters. The number of aryl methyl sites for hydroxylation is 1. The van der Waals surface area contributed by atoms with Gasteiger partial charge in [0.15, 0.2) is 0 Å². The first-order chi connectivity index (χ1) is 12.0. The molecular weight excluding hydrogens is 344 g/mol. The predicted molar refractivity (Wildman–Crippen MR) is 93.7 cm³/mol. The van der Waals surface area contributed by atoms with E-state index in [9.17, 15) is 9.59 Å². The Labute approximate surface area is 147 Å². The van der Waals surface area contributed by atoms with Crippen molar-refractivity contribution >= 4 is 40.1 Å². The molecule has 2 heterocycles. The molecule has 3 aromatic rings. The van der Waals surface area contributed by atoms with E-state index in [1.807, 2.05) is 12.1 Å². The van der Waals surface area contributed by atoms with Crippen molar-refractivity contribution in [2.45, 2.75) is 12.8 Å². The molecule has 3 N–H and O–H groups in total. The summed E-state index contributed by atoms with van der Waals surface area (Å²) in [5.41, 5.74) is 2.41. The highest BCUT2D eigenvalue weighted by Gasteiger charge is 2.17. The van der Waals surface area contributed by atoms with Gasteiger partial charge in [-0.25, -0.2) is 4.79 Å². The fraction of sp³-hybridized carbons (Fsp3) is 0.111. The van der Waals surface area contributed by atoms with Crippen LogP contribution in [0.4, 0.5) is 5.69 Å². The molecule has 126 valence electrons. The minimum Gasteiger partial charge on any atom is -0.477 e. The van der Waals surface area contributed by atoms with E-state index in [0.29, 0.717) is 40.3 Å². The first-order valence-electron chi connectivity index (χ1n) is 7.66. The molecule has 6 nitrogen and oxygen atoms in total. The van der Waals surface area contributed by atoms with Gasteiger partial charge in [-0.15, -0.1) is 0 Å². The number of hydrogen-bond acceptors (Lipinski definition) is 3. The van der Waals surface area contributed by atoms with Crippen molar-refractivity contribution in [3.63, 3.8) is 0 Å². The van der Waals surface area contributed by atoms with E-state index in [2.05, 4.69) is 10.3 Å². The number of ether oxygens (including phenoxy) is 1. The van der Waals surface area contributed by atoms with E-state index in [1.54, 1.807) is 18.2 Å². The molecule has 1 amide bonds. The second-order valence-corrected chi connectivity index (χ2v) is 6.26. The monoisotopic (exact) mass is 356 g/mol. The van der Waals surface area contributed by atoms with Crippen molar-refractivity contribution in [3.8, 4) is 11.5 Å². The summed E-state index contributed by atoms with van der Waals surface area (Å²) >= 11 is 6.11. The molecule has 1 aliphatic heterocycles. The minimum atomic E-state index is -1.06. The maximum Gasteiger partial charge on any atom is 0.352 e. The van der Waals surface area contributed by atoms with Gasteiger partial charge in [0.2, 0.25) is 5.91 Å². The Morgan fingerprint density at radius 3 is 2.80 bits per heavy atom. The Kier molecular flexibility index (Phi) is 3.62. The summed E-state index contributed by atoms with van der Waals surface area (Å²) in [5.74, 6) is -0.114. The lowest BCUT2D eigenvalue weighted by Crippen LogP contribution is -2.18. The van der Waals surface area contributed by atoms with E-state index in [1.165, 1.54) is 6.07 Å². The molecule has 1 aliphatic rings. The molecular formula is C18H13ClN2O4. The zero-order valence-corrected chi connectivity index (χ0v) is 13.7. The smallest absolute Gasteiger partial charge is 0.352 e. The van der Waals surface area contributed by atoms with Crippen molar-refractivity contribution in [1.29, 1.82) is 0 Å². The van der Waals surface area contributed by atoms with E-state index in [4.69, 9.17) is 21.4 Å². The number of nitrogens with one attached hydrogen (secondary N) is 2. The van der Waals surface area contributed by atoms with Crippen molar-refractivity contribution in [3.05, 3.63) is 52.7 Å².